The van der Waals surface area contributed by atoms with E-state index in [1.165, 1.54) is 17.4 Å². The molecule has 0 amide bonds. The smallest absolute Gasteiger partial charge is 0.331 e. The fourth-order valence-electron chi connectivity index (χ4n) is 3.37. The molecule has 156 valence electrons. The van der Waals surface area contributed by atoms with E-state index in [0.29, 0.717) is 9.78 Å². The maximum absolute atomic E-state index is 13.0. The van der Waals surface area contributed by atoms with E-state index in [2.05, 4.69) is 0 Å². The van der Waals surface area contributed by atoms with Gasteiger partial charge in [-0.2, -0.15) is 0 Å². The molecule has 31 heavy (non-hydrogen) atoms. The second kappa shape index (κ2) is 9.40. The average Bonchev–Trinajstić information content (AvgIpc) is 3.45. The van der Waals surface area contributed by atoms with Crippen LogP contribution >= 0.6 is 11.3 Å². The summed E-state index contributed by atoms with van der Waals surface area (Å²) in [5.74, 6) is -1.53. The monoisotopic (exact) mass is 433 g/mol. The van der Waals surface area contributed by atoms with Crippen LogP contribution in [0.2, 0.25) is 0 Å². The Morgan fingerprint density at radius 2 is 1.74 bits per heavy atom. The van der Waals surface area contributed by atoms with Crippen LogP contribution in [-0.2, 0) is 14.4 Å². The van der Waals surface area contributed by atoms with Gasteiger partial charge in [-0.1, -0.05) is 66.7 Å². The molecule has 2 heterocycles. The molecule has 0 bridgehead atoms. The Kier molecular flexibility index (Phi) is 6.24. The molecule has 0 N–H and O–H groups in total. The topological polar surface area (TPSA) is 78.7 Å². The number of Topliss-reactive ketones (excluding diaryl/α,β-unsaturated/α-hetero) is 1. The highest BCUT2D eigenvalue weighted by Gasteiger charge is 2.45. The standard InChI is InChI=1S/C24H19NO5S/c26-21(14-13-17-8-3-1-4-9-17)29-16-19-22(18-10-5-2-6-11-18)24(30-25(19)28)23(27)20-12-7-15-31-20/h1-15,22,24H,16H2/b14-13+/t22-,24-/m1/s1. The highest BCUT2D eigenvalue weighted by Crippen LogP contribution is 2.32. The third kappa shape index (κ3) is 4.73. The van der Waals surface area contributed by atoms with Gasteiger partial charge >= 0.3 is 5.97 Å². The van der Waals surface area contributed by atoms with Gasteiger partial charge in [-0.25, -0.2) is 4.79 Å². The van der Waals surface area contributed by atoms with E-state index in [-0.39, 0.29) is 18.1 Å². The average molecular weight is 433 g/mol. The number of ketones is 1. The molecule has 6 nitrogen and oxygen atoms in total. The van der Waals surface area contributed by atoms with Crippen molar-refractivity contribution < 1.29 is 24.1 Å². The molecule has 2 aromatic carbocycles. The molecule has 0 unspecified atom stereocenters. The van der Waals surface area contributed by atoms with Gasteiger partial charge in [0, 0.05) is 11.0 Å². The van der Waals surface area contributed by atoms with Gasteiger partial charge in [-0.05, 0) is 28.6 Å². The maximum atomic E-state index is 13.0. The lowest BCUT2D eigenvalue weighted by molar-refractivity contribution is -0.737. The predicted octanol–water partition coefficient (Wildman–Crippen LogP) is 4.24. The number of rotatable bonds is 7. The summed E-state index contributed by atoms with van der Waals surface area (Å²) in [4.78, 5) is 31.3. The number of hydrogen-bond donors (Lipinski definition) is 0. The van der Waals surface area contributed by atoms with Crippen molar-refractivity contribution in [1.82, 2.24) is 0 Å². The number of nitrogens with zero attached hydrogens (tertiary/aromatic N) is 1. The Bertz CT molecular complexity index is 1110. The summed E-state index contributed by atoms with van der Waals surface area (Å²) in [6, 6.07) is 21.9. The molecule has 0 spiro atoms. The Hall–Kier alpha value is -3.71. The van der Waals surface area contributed by atoms with Gasteiger partial charge in [0.1, 0.15) is 6.10 Å². The molecule has 1 aliphatic heterocycles. The molecule has 1 aliphatic rings. The van der Waals surface area contributed by atoms with Crippen LogP contribution in [-0.4, -0.2) is 35.1 Å². The zero-order valence-corrected chi connectivity index (χ0v) is 17.2. The molecule has 0 saturated heterocycles. The number of hydrogen-bond acceptors (Lipinski definition) is 6. The second-order valence-electron chi connectivity index (χ2n) is 6.86. The number of esters is 1. The minimum Gasteiger partial charge on any atom is -0.451 e. The van der Waals surface area contributed by atoms with Gasteiger partial charge in [0.15, 0.2) is 12.4 Å². The van der Waals surface area contributed by atoms with Crippen molar-refractivity contribution in [3.05, 3.63) is 105 Å². The maximum Gasteiger partial charge on any atom is 0.331 e. The van der Waals surface area contributed by atoms with Crippen molar-refractivity contribution in [2.24, 2.45) is 0 Å². The second-order valence-corrected chi connectivity index (χ2v) is 7.80. The van der Waals surface area contributed by atoms with Crippen LogP contribution in [0, 0.1) is 5.21 Å². The van der Waals surface area contributed by atoms with Gasteiger partial charge in [0.05, 0.1) is 10.8 Å². The largest absolute Gasteiger partial charge is 0.451 e. The van der Waals surface area contributed by atoms with E-state index in [4.69, 9.17) is 9.57 Å². The normalized spacial score (nSPS) is 18.2. The first-order valence-electron chi connectivity index (χ1n) is 9.66. The molecule has 3 aromatic rings. The molecule has 0 radical (unpaired) electrons. The molecule has 0 aliphatic carbocycles. The number of carbonyl (C=O) groups is 2. The molecule has 1 aromatic heterocycles. The first kappa shape index (κ1) is 20.6. The Morgan fingerprint density at radius 1 is 1.03 bits per heavy atom. The SMILES string of the molecule is O=C(/C=C/c1ccccc1)OCC1=[N+]([O-])O[C@@H](C(=O)c2cccs2)[C@@H]1c1ccccc1. The summed E-state index contributed by atoms with van der Waals surface area (Å²) in [6.45, 7) is -0.282. The molecule has 4 rings (SSSR count). The molecular formula is C24H19NO5S. The summed E-state index contributed by atoms with van der Waals surface area (Å²) in [5, 5.41) is 14.3. The first-order valence-corrected chi connectivity index (χ1v) is 10.5. The molecular weight excluding hydrogens is 414 g/mol. The van der Waals surface area contributed by atoms with Crippen LogP contribution in [0.3, 0.4) is 0 Å². The van der Waals surface area contributed by atoms with Gasteiger partial charge in [-0.3, -0.25) is 10.0 Å². The van der Waals surface area contributed by atoms with Gasteiger partial charge < -0.3 is 9.57 Å². The van der Waals surface area contributed by atoms with Gasteiger partial charge in [0.25, 0.3) is 5.71 Å². The van der Waals surface area contributed by atoms with Crippen molar-refractivity contribution in [3.63, 3.8) is 0 Å². The lowest BCUT2D eigenvalue weighted by atomic mass is 9.87. The summed E-state index contributed by atoms with van der Waals surface area (Å²) in [6.07, 6.45) is 1.91. The van der Waals surface area contributed by atoms with Gasteiger partial charge in [0.2, 0.25) is 0 Å². The fraction of sp³-hybridized carbons (Fsp3) is 0.125. The first-order chi connectivity index (χ1) is 15.1. The van der Waals surface area contributed by atoms with E-state index in [1.54, 1.807) is 23.6 Å². The number of carbonyl (C=O) groups excluding carboxylic acids is 2. The Morgan fingerprint density at radius 3 is 2.42 bits per heavy atom. The Labute approximate surface area is 183 Å². The fourth-order valence-corrected chi connectivity index (χ4v) is 4.06. The zero-order chi connectivity index (χ0) is 21.6. The summed E-state index contributed by atoms with van der Waals surface area (Å²) in [7, 11) is 0. The molecule has 7 heteroatoms. The van der Waals surface area contributed by atoms with E-state index < -0.39 is 18.0 Å². The van der Waals surface area contributed by atoms with Crippen molar-refractivity contribution in [2.75, 3.05) is 6.61 Å². The number of thiophene rings is 1. The van der Waals surface area contributed by atoms with Crippen LogP contribution in [0.25, 0.3) is 6.08 Å². The van der Waals surface area contributed by atoms with E-state index in [9.17, 15) is 14.8 Å². The lowest BCUT2D eigenvalue weighted by Crippen LogP contribution is -2.31. The van der Waals surface area contributed by atoms with E-state index in [0.717, 1.165) is 11.1 Å². The molecule has 2 atom stereocenters. The predicted molar refractivity (Wildman–Crippen MR) is 118 cm³/mol. The van der Waals surface area contributed by atoms with Crippen molar-refractivity contribution >= 4 is 34.9 Å². The quantitative estimate of drug-likeness (QED) is 0.241. The van der Waals surface area contributed by atoms with Crippen LogP contribution in [0.1, 0.15) is 26.7 Å². The minimum absolute atomic E-state index is 0.169. The van der Waals surface area contributed by atoms with E-state index in [1.807, 2.05) is 60.7 Å². The molecule has 0 saturated carbocycles. The highest BCUT2D eigenvalue weighted by molar-refractivity contribution is 7.12. The van der Waals surface area contributed by atoms with Crippen LogP contribution < -0.4 is 0 Å². The third-order valence-electron chi connectivity index (χ3n) is 4.86. The Balaban J connectivity index is 1.52. The summed E-state index contributed by atoms with van der Waals surface area (Å²) >= 11 is 1.29. The summed E-state index contributed by atoms with van der Waals surface area (Å²) < 4.78 is 5.30. The lowest BCUT2D eigenvalue weighted by Gasteiger charge is -2.17. The van der Waals surface area contributed by atoms with E-state index >= 15 is 0 Å². The van der Waals surface area contributed by atoms with Crippen molar-refractivity contribution in [2.45, 2.75) is 12.0 Å². The number of ether oxygens (including phenoxy) is 1. The third-order valence-corrected chi connectivity index (χ3v) is 5.74. The zero-order valence-electron chi connectivity index (χ0n) is 16.4. The summed E-state index contributed by atoms with van der Waals surface area (Å²) in [5.41, 5.74) is 1.76. The number of benzene rings is 2. The minimum atomic E-state index is -1.02. The van der Waals surface area contributed by atoms with Gasteiger partial charge in [-0.15, -0.1) is 11.3 Å². The van der Waals surface area contributed by atoms with Crippen LogP contribution in [0.4, 0.5) is 0 Å². The van der Waals surface area contributed by atoms with Crippen molar-refractivity contribution in [1.29, 1.82) is 0 Å². The van der Waals surface area contributed by atoms with Crippen molar-refractivity contribution in [3.8, 4) is 0 Å². The van der Waals surface area contributed by atoms with Crippen LogP contribution in [0.5, 0.6) is 0 Å². The van der Waals surface area contributed by atoms with Crippen LogP contribution in [0.15, 0.2) is 84.3 Å². The molecule has 0 fully saturated rings. The highest BCUT2D eigenvalue weighted by atomic mass is 32.1.